The van der Waals surface area contributed by atoms with Gasteiger partial charge in [-0.05, 0) is 24.3 Å². The SMILES string of the molecule is COc1ccc(C(=O)Nc2ncccc2N)c(OC)c1. The van der Waals surface area contributed by atoms with Crippen molar-refractivity contribution in [2.24, 2.45) is 0 Å². The van der Waals surface area contributed by atoms with E-state index >= 15 is 0 Å². The van der Waals surface area contributed by atoms with E-state index in [-0.39, 0.29) is 5.91 Å². The van der Waals surface area contributed by atoms with Crippen molar-refractivity contribution < 1.29 is 14.3 Å². The van der Waals surface area contributed by atoms with Crippen LogP contribution in [0.2, 0.25) is 0 Å². The first-order valence-corrected chi connectivity index (χ1v) is 5.89. The Bertz CT molecular complexity index is 629. The summed E-state index contributed by atoms with van der Waals surface area (Å²) in [5, 5.41) is 2.64. The first-order chi connectivity index (χ1) is 9.65. The molecule has 0 aliphatic rings. The predicted octanol–water partition coefficient (Wildman–Crippen LogP) is 1.93. The van der Waals surface area contributed by atoms with E-state index in [2.05, 4.69) is 10.3 Å². The monoisotopic (exact) mass is 273 g/mol. The van der Waals surface area contributed by atoms with Gasteiger partial charge in [0.2, 0.25) is 0 Å². The number of carbonyl (C=O) groups excluding carboxylic acids is 1. The molecule has 2 aromatic rings. The number of methoxy groups -OCH3 is 2. The van der Waals surface area contributed by atoms with E-state index < -0.39 is 0 Å². The van der Waals surface area contributed by atoms with E-state index in [9.17, 15) is 4.79 Å². The topological polar surface area (TPSA) is 86.5 Å². The summed E-state index contributed by atoms with van der Waals surface area (Å²) in [7, 11) is 3.03. The molecule has 0 bridgehead atoms. The predicted molar refractivity (Wildman–Crippen MR) is 76.1 cm³/mol. The molecule has 3 N–H and O–H groups in total. The Morgan fingerprint density at radius 3 is 2.70 bits per heavy atom. The van der Waals surface area contributed by atoms with Gasteiger partial charge in [-0.25, -0.2) is 4.98 Å². The summed E-state index contributed by atoms with van der Waals surface area (Å²) < 4.78 is 10.3. The van der Waals surface area contributed by atoms with Crippen molar-refractivity contribution in [3.05, 3.63) is 42.1 Å². The van der Waals surface area contributed by atoms with Crippen molar-refractivity contribution in [1.29, 1.82) is 0 Å². The number of nitrogens with zero attached hydrogens (tertiary/aromatic N) is 1. The number of aromatic nitrogens is 1. The Balaban J connectivity index is 2.27. The lowest BCUT2D eigenvalue weighted by Gasteiger charge is -2.11. The highest BCUT2D eigenvalue weighted by atomic mass is 16.5. The highest BCUT2D eigenvalue weighted by molar-refractivity contribution is 6.07. The van der Waals surface area contributed by atoms with Gasteiger partial charge in [-0.3, -0.25) is 4.79 Å². The third-order valence-electron chi connectivity index (χ3n) is 2.72. The number of carbonyl (C=O) groups is 1. The zero-order valence-electron chi connectivity index (χ0n) is 11.2. The van der Waals surface area contributed by atoms with Crippen LogP contribution in [0.25, 0.3) is 0 Å². The molecule has 20 heavy (non-hydrogen) atoms. The number of pyridine rings is 1. The van der Waals surface area contributed by atoms with Gasteiger partial charge in [-0.1, -0.05) is 0 Å². The Labute approximate surface area is 116 Å². The van der Waals surface area contributed by atoms with Crippen LogP contribution in [0.5, 0.6) is 11.5 Å². The minimum absolute atomic E-state index is 0.315. The normalized spacial score (nSPS) is 9.90. The largest absolute Gasteiger partial charge is 0.497 e. The number of benzene rings is 1. The summed E-state index contributed by atoms with van der Waals surface area (Å²) in [4.78, 5) is 16.2. The quantitative estimate of drug-likeness (QED) is 0.889. The van der Waals surface area contributed by atoms with Gasteiger partial charge >= 0.3 is 0 Å². The number of ether oxygens (including phenoxy) is 2. The number of rotatable bonds is 4. The number of hydrogen-bond donors (Lipinski definition) is 2. The zero-order valence-corrected chi connectivity index (χ0v) is 11.2. The zero-order chi connectivity index (χ0) is 14.5. The van der Waals surface area contributed by atoms with Gasteiger partial charge in [0.25, 0.3) is 5.91 Å². The Hall–Kier alpha value is -2.76. The second-order valence-electron chi connectivity index (χ2n) is 3.96. The van der Waals surface area contributed by atoms with E-state index in [1.165, 1.54) is 7.11 Å². The molecule has 0 fully saturated rings. The maximum Gasteiger partial charge on any atom is 0.260 e. The summed E-state index contributed by atoms with van der Waals surface area (Å²) in [6.45, 7) is 0. The molecule has 0 saturated heterocycles. The van der Waals surface area contributed by atoms with Gasteiger partial charge in [0.1, 0.15) is 11.5 Å². The fourth-order valence-corrected chi connectivity index (χ4v) is 1.68. The highest BCUT2D eigenvalue weighted by Crippen LogP contribution is 2.25. The van der Waals surface area contributed by atoms with E-state index in [4.69, 9.17) is 15.2 Å². The fraction of sp³-hybridized carbons (Fsp3) is 0.143. The maximum absolute atomic E-state index is 12.2. The first-order valence-electron chi connectivity index (χ1n) is 5.89. The van der Waals surface area contributed by atoms with E-state index in [1.807, 2.05) is 0 Å². The number of amides is 1. The van der Waals surface area contributed by atoms with Crippen molar-refractivity contribution in [3.8, 4) is 11.5 Å². The van der Waals surface area contributed by atoms with Crippen molar-refractivity contribution in [3.63, 3.8) is 0 Å². The lowest BCUT2D eigenvalue weighted by Crippen LogP contribution is -2.15. The number of hydrogen-bond acceptors (Lipinski definition) is 5. The van der Waals surface area contributed by atoms with Crippen LogP contribution in [0.3, 0.4) is 0 Å². The highest BCUT2D eigenvalue weighted by Gasteiger charge is 2.14. The van der Waals surface area contributed by atoms with Gasteiger partial charge in [0, 0.05) is 12.3 Å². The summed E-state index contributed by atoms with van der Waals surface area (Å²) in [6.07, 6.45) is 1.55. The van der Waals surface area contributed by atoms with Crippen molar-refractivity contribution in [1.82, 2.24) is 4.98 Å². The molecule has 0 saturated carbocycles. The molecule has 0 aliphatic carbocycles. The smallest absolute Gasteiger partial charge is 0.260 e. The molecule has 1 amide bonds. The Morgan fingerprint density at radius 2 is 2.05 bits per heavy atom. The summed E-state index contributed by atoms with van der Waals surface area (Å²) in [5.74, 6) is 0.984. The second kappa shape index (κ2) is 5.92. The molecule has 2 rings (SSSR count). The minimum atomic E-state index is -0.352. The van der Waals surface area contributed by atoms with Gasteiger partial charge in [0.05, 0.1) is 25.5 Å². The van der Waals surface area contributed by atoms with Crippen LogP contribution in [-0.4, -0.2) is 25.1 Å². The standard InChI is InChI=1S/C14H15N3O3/c1-19-9-5-6-10(12(8-9)20-2)14(18)17-13-11(15)4-3-7-16-13/h3-8H,15H2,1-2H3,(H,16,17,18). The molecule has 1 heterocycles. The lowest BCUT2D eigenvalue weighted by molar-refractivity contribution is 0.102. The van der Waals surface area contributed by atoms with E-state index in [0.29, 0.717) is 28.6 Å². The second-order valence-corrected chi connectivity index (χ2v) is 3.96. The number of nitrogens with one attached hydrogen (secondary N) is 1. The van der Waals surface area contributed by atoms with Crippen LogP contribution in [0, 0.1) is 0 Å². The molecular weight excluding hydrogens is 258 g/mol. The average Bonchev–Trinajstić information content (AvgIpc) is 2.48. The molecule has 6 nitrogen and oxygen atoms in total. The number of nitrogen functional groups attached to an aromatic ring is 1. The minimum Gasteiger partial charge on any atom is -0.497 e. The number of nitrogens with two attached hydrogens (primary N) is 1. The van der Waals surface area contributed by atoms with Crippen LogP contribution < -0.4 is 20.5 Å². The van der Waals surface area contributed by atoms with Crippen LogP contribution >= 0.6 is 0 Å². The summed E-state index contributed by atoms with van der Waals surface area (Å²) >= 11 is 0. The Morgan fingerprint density at radius 1 is 1.25 bits per heavy atom. The Kier molecular flexibility index (Phi) is 4.05. The third-order valence-corrected chi connectivity index (χ3v) is 2.72. The molecule has 0 aliphatic heterocycles. The molecule has 6 heteroatoms. The van der Waals surface area contributed by atoms with Crippen molar-refractivity contribution in [2.75, 3.05) is 25.3 Å². The molecule has 1 aromatic heterocycles. The van der Waals surface area contributed by atoms with Gasteiger partial charge < -0.3 is 20.5 Å². The maximum atomic E-state index is 12.2. The van der Waals surface area contributed by atoms with Gasteiger partial charge in [0.15, 0.2) is 5.82 Å². The molecule has 0 atom stereocenters. The van der Waals surface area contributed by atoms with Crippen LogP contribution in [0.1, 0.15) is 10.4 Å². The summed E-state index contributed by atoms with van der Waals surface area (Å²) in [5.41, 5.74) is 6.50. The van der Waals surface area contributed by atoms with Gasteiger partial charge in [-0.15, -0.1) is 0 Å². The average molecular weight is 273 g/mol. The molecule has 0 spiro atoms. The molecular formula is C14H15N3O3. The van der Waals surface area contributed by atoms with E-state index in [1.54, 1.807) is 43.6 Å². The van der Waals surface area contributed by atoms with Crippen LogP contribution in [0.4, 0.5) is 11.5 Å². The summed E-state index contributed by atoms with van der Waals surface area (Å²) in [6, 6.07) is 8.29. The van der Waals surface area contributed by atoms with Crippen molar-refractivity contribution in [2.45, 2.75) is 0 Å². The first kappa shape index (κ1) is 13.7. The molecule has 0 radical (unpaired) electrons. The number of anilines is 2. The molecule has 104 valence electrons. The van der Waals surface area contributed by atoms with E-state index in [0.717, 1.165) is 0 Å². The van der Waals surface area contributed by atoms with Crippen LogP contribution in [-0.2, 0) is 0 Å². The third kappa shape index (κ3) is 2.80. The molecule has 0 unspecified atom stereocenters. The lowest BCUT2D eigenvalue weighted by atomic mass is 10.1. The fourth-order valence-electron chi connectivity index (χ4n) is 1.68. The van der Waals surface area contributed by atoms with Crippen LogP contribution in [0.15, 0.2) is 36.5 Å². The van der Waals surface area contributed by atoms with Crippen molar-refractivity contribution >= 4 is 17.4 Å². The van der Waals surface area contributed by atoms with Gasteiger partial charge in [-0.2, -0.15) is 0 Å². The molecule has 1 aromatic carbocycles.